The van der Waals surface area contributed by atoms with Gasteiger partial charge in [-0.05, 0) is 43.4 Å². The molecule has 1 heterocycles. The van der Waals surface area contributed by atoms with Gasteiger partial charge in [-0.1, -0.05) is 37.6 Å². The lowest BCUT2D eigenvalue weighted by molar-refractivity contribution is 0.509. The van der Waals surface area contributed by atoms with Gasteiger partial charge in [-0.3, -0.25) is 0 Å². The lowest BCUT2D eigenvalue weighted by Gasteiger charge is -2.20. The number of hydrogen-bond acceptors (Lipinski definition) is 3. The van der Waals surface area contributed by atoms with E-state index in [4.69, 9.17) is 11.6 Å². The molecule has 0 aliphatic heterocycles. The zero-order valence-electron chi connectivity index (χ0n) is 12.9. The van der Waals surface area contributed by atoms with E-state index in [9.17, 15) is 0 Å². The van der Waals surface area contributed by atoms with Crippen molar-refractivity contribution in [2.75, 3.05) is 6.54 Å². The maximum Gasteiger partial charge on any atom is 0.0797 e. The van der Waals surface area contributed by atoms with Crippen LogP contribution in [-0.4, -0.2) is 17.6 Å². The molecule has 21 heavy (non-hydrogen) atoms. The maximum absolute atomic E-state index is 6.00. The lowest BCUT2D eigenvalue weighted by Crippen LogP contribution is -2.28. The van der Waals surface area contributed by atoms with Gasteiger partial charge in [0.05, 0.1) is 11.2 Å². The van der Waals surface area contributed by atoms with Gasteiger partial charge in [0.25, 0.3) is 0 Å². The number of nitrogens with one attached hydrogen (secondary N) is 1. The van der Waals surface area contributed by atoms with Crippen molar-refractivity contribution in [1.82, 2.24) is 10.3 Å². The van der Waals surface area contributed by atoms with E-state index in [0.29, 0.717) is 12.0 Å². The standard InChI is InChI=1S/C17H23ClN2S/c1-12(2)19-10-15(14-4-7-16(18)8-5-14)6-9-17-13(3)20-11-21-17/h4-5,7-8,11-12,15,19H,6,9-10H2,1-3H3. The summed E-state index contributed by atoms with van der Waals surface area (Å²) in [4.78, 5) is 5.74. The van der Waals surface area contributed by atoms with Crippen LogP contribution in [0.15, 0.2) is 29.8 Å². The third kappa shape index (κ3) is 5.10. The van der Waals surface area contributed by atoms with Gasteiger partial charge in [0, 0.05) is 22.5 Å². The molecule has 1 N–H and O–H groups in total. The largest absolute Gasteiger partial charge is 0.314 e. The SMILES string of the molecule is Cc1ncsc1CCC(CNC(C)C)c1ccc(Cl)cc1. The van der Waals surface area contributed by atoms with Gasteiger partial charge >= 0.3 is 0 Å². The molecule has 1 aromatic carbocycles. The second kappa shape index (κ2) is 7.92. The molecule has 2 nitrogen and oxygen atoms in total. The maximum atomic E-state index is 6.00. The molecular formula is C17H23ClN2S. The average Bonchev–Trinajstić information content (AvgIpc) is 2.85. The van der Waals surface area contributed by atoms with Crippen LogP contribution >= 0.6 is 22.9 Å². The number of aryl methyl sites for hydroxylation is 2. The number of halogens is 1. The highest BCUT2D eigenvalue weighted by atomic mass is 35.5. The monoisotopic (exact) mass is 322 g/mol. The van der Waals surface area contributed by atoms with Crippen molar-refractivity contribution < 1.29 is 0 Å². The summed E-state index contributed by atoms with van der Waals surface area (Å²) in [6, 6.07) is 8.77. The third-order valence-corrected chi connectivity index (χ3v) is 4.93. The quantitative estimate of drug-likeness (QED) is 0.790. The summed E-state index contributed by atoms with van der Waals surface area (Å²) in [6.07, 6.45) is 2.22. The van der Waals surface area contributed by atoms with Gasteiger partial charge in [-0.15, -0.1) is 11.3 Å². The fraction of sp³-hybridized carbons (Fsp3) is 0.471. The number of nitrogens with zero attached hydrogens (tertiary/aromatic N) is 1. The molecule has 4 heteroatoms. The topological polar surface area (TPSA) is 24.9 Å². The van der Waals surface area contributed by atoms with Crippen molar-refractivity contribution in [3.8, 4) is 0 Å². The molecule has 2 aromatic rings. The molecule has 1 unspecified atom stereocenters. The van der Waals surface area contributed by atoms with E-state index in [-0.39, 0.29) is 0 Å². The van der Waals surface area contributed by atoms with E-state index in [2.05, 4.69) is 43.2 Å². The molecule has 0 saturated carbocycles. The van der Waals surface area contributed by atoms with Gasteiger partial charge in [0.1, 0.15) is 0 Å². The predicted molar refractivity (Wildman–Crippen MR) is 92.5 cm³/mol. The van der Waals surface area contributed by atoms with Gasteiger partial charge < -0.3 is 5.32 Å². The molecule has 0 fully saturated rings. The van der Waals surface area contributed by atoms with Crippen molar-refractivity contribution in [3.05, 3.63) is 50.9 Å². The highest BCUT2D eigenvalue weighted by Crippen LogP contribution is 2.25. The van der Waals surface area contributed by atoms with E-state index < -0.39 is 0 Å². The Morgan fingerprint density at radius 3 is 2.52 bits per heavy atom. The summed E-state index contributed by atoms with van der Waals surface area (Å²) in [6.45, 7) is 7.46. The molecule has 1 aromatic heterocycles. The number of thiazole rings is 1. The Hall–Kier alpha value is -0.900. The van der Waals surface area contributed by atoms with Crippen LogP contribution in [-0.2, 0) is 6.42 Å². The average molecular weight is 323 g/mol. The molecule has 0 radical (unpaired) electrons. The van der Waals surface area contributed by atoms with Crippen LogP contribution in [0.5, 0.6) is 0 Å². The Kier molecular flexibility index (Phi) is 6.22. The highest BCUT2D eigenvalue weighted by Gasteiger charge is 2.13. The van der Waals surface area contributed by atoms with Crippen LogP contribution < -0.4 is 5.32 Å². The summed E-state index contributed by atoms with van der Waals surface area (Å²) in [5, 5.41) is 4.36. The molecule has 0 amide bonds. The Bertz CT molecular complexity index is 548. The van der Waals surface area contributed by atoms with Gasteiger partial charge in [0.2, 0.25) is 0 Å². The summed E-state index contributed by atoms with van der Waals surface area (Å²) < 4.78 is 0. The number of benzene rings is 1. The molecule has 0 spiro atoms. The van der Waals surface area contributed by atoms with Crippen LogP contribution in [0.4, 0.5) is 0 Å². The Balaban J connectivity index is 2.04. The summed E-state index contributed by atoms with van der Waals surface area (Å²) in [5.74, 6) is 0.506. The van der Waals surface area contributed by atoms with E-state index in [1.165, 1.54) is 16.1 Å². The normalized spacial score (nSPS) is 12.8. The first-order valence-corrected chi connectivity index (χ1v) is 8.70. The molecule has 0 aliphatic rings. The third-order valence-electron chi connectivity index (χ3n) is 3.68. The Labute approximate surface area is 136 Å². The smallest absolute Gasteiger partial charge is 0.0797 e. The van der Waals surface area contributed by atoms with Crippen molar-refractivity contribution in [2.24, 2.45) is 0 Å². The molecule has 0 bridgehead atoms. The molecule has 2 rings (SSSR count). The van der Waals surface area contributed by atoms with Gasteiger partial charge in [-0.2, -0.15) is 0 Å². The van der Waals surface area contributed by atoms with Crippen molar-refractivity contribution in [2.45, 2.75) is 45.6 Å². The molecule has 0 saturated heterocycles. The van der Waals surface area contributed by atoms with Crippen LogP contribution in [0.25, 0.3) is 0 Å². The minimum Gasteiger partial charge on any atom is -0.314 e. The summed E-state index contributed by atoms with van der Waals surface area (Å²) in [5.41, 5.74) is 4.47. The predicted octanol–water partition coefficient (Wildman–Crippen LogP) is 4.82. The minimum atomic E-state index is 0.505. The first-order valence-electron chi connectivity index (χ1n) is 7.44. The molecular weight excluding hydrogens is 300 g/mol. The summed E-state index contributed by atoms with van der Waals surface area (Å²) >= 11 is 7.76. The first kappa shape index (κ1) is 16.5. The van der Waals surface area contributed by atoms with Crippen LogP contribution in [0.1, 0.15) is 42.3 Å². The molecule has 0 aliphatic carbocycles. The van der Waals surface area contributed by atoms with Crippen molar-refractivity contribution in [3.63, 3.8) is 0 Å². The second-order valence-corrected chi connectivity index (χ2v) is 7.09. The fourth-order valence-electron chi connectivity index (χ4n) is 2.37. The molecule has 114 valence electrons. The van der Waals surface area contributed by atoms with Crippen LogP contribution in [0.2, 0.25) is 5.02 Å². The van der Waals surface area contributed by atoms with Crippen LogP contribution in [0.3, 0.4) is 0 Å². The highest BCUT2D eigenvalue weighted by molar-refractivity contribution is 7.09. The second-order valence-electron chi connectivity index (χ2n) is 5.71. The minimum absolute atomic E-state index is 0.505. The zero-order chi connectivity index (χ0) is 15.2. The van der Waals surface area contributed by atoms with E-state index >= 15 is 0 Å². The van der Waals surface area contributed by atoms with Crippen molar-refractivity contribution in [1.29, 1.82) is 0 Å². The summed E-state index contributed by atoms with van der Waals surface area (Å²) in [7, 11) is 0. The lowest BCUT2D eigenvalue weighted by atomic mass is 9.93. The number of hydrogen-bond donors (Lipinski definition) is 1. The van der Waals surface area contributed by atoms with E-state index in [1.54, 1.807) is 11.3 Å². The Morgan fingerprint density at radius 2 is 1.95 bits per heavy atom. The van der Waals surface area contributed by atoms with Crippen LogP contribution in [0, 0.1) is 6.92 Å². The van der Waals surface area contributed by atoms with E-state index in [0.717, 1.165) is 24.4 Å². The zero-order valence-corrected chi connectivity index (χ0v) is 14.5. The Morgan fingerprint density at radius 1 is 1.24 bits per heavy atom. The number of rotatable bonds is 7. The van der Waals surface area contributed by atoms with E-state index in [1.807, 2.05) is 17.6 Å². The fourth-order valence-corrected chi connectivity index (χ4v) is 3.29. The molecule has 1 atom stereocenters. The van der Waals surface area contributed by atoms with Gasteiger partial charge in [0.15, 0.2) is 0 Å². The van der Waals surface area contributed by atoms with Gasteiger partial charge in [-0.25, -0.2) is 4.98 Å². The van der Waals surface area contributed by atoms with Crippen molar-refractivity contribution >= 4 is 22.9 Å². The number of aromatic nitrogens is 1. The first-order chi connectivity index (χ1) is 10.1.